The Morgan fingerprint density at radius 3 is 2.44 bits per heavy atom. The normalized spacial score (nSPS) is 11.0. The number of hydrogen-bond donors (Lipinski definition) is 1. The first-order chi connectivity index (χ1) is 8.66. The quantitative estimate of drug-likeness (QED) is 0.670. The fourth-order valence-corrected chi connectivity index (χ4v) is 1.95. The van der Waals surface area contributed by atoms with Crippen LogP contribution in [0.1, 0.15) is 0 Å². The maximum Gasteiger partial charge on any atom is 0.152 e. The Balaban J connectivity index is 2.33. The third-order valence-corrected chi connectivity index (χ3v) is 2.73. The molecule has 3 aromatic rings. The van der Waals surface area contributed by atoms with Gasteiger partial charge < -0.3 is 5.73 Å². The van der Waals surface area contributed by atoms with Gasteiger partial charge in [0.1, 0.15) is 12.0 Å². The van der Waals surface area contributed by atoms with Crippen LogP contribution in [-0.4, -0.2) is 9.55 Å². The molecule has 1 aromatic heterocycles. The van der Waals surface area contributed by atoms with Gasteiger partial charge in [0.05, 0.1) is 11.0 Å². The zero-order valence-corrected chi connectivity index (χ0v) is 9.27. The fraction of sp³-hybridized carbons (Fsp3) is 0. The number of nitrogens with zero attached hydrogens (tertiary/aromatic N) is 2. The van der Waals surface area contributed by atoms with Crippen LogP contribution in [0, 0.1) is 11.6 Å². The van der Waals surface area contributed by atoms with Crippen molar-refractivity contribution in [3.05, 3.63) is 54.4 Å². The Hall–Kier alpha value is -2.43. The molecule has 2 N–H and O–H groups in total. The summed E-state index contributed by atoms with van der Waals surface area (Å²) >= 11 is 0. The molecule has 0 spiro atoms. The molecule has 0 aliphatic rings. The standard InChI is InChI=1S/C13H9F2N3/c14-9-5-8(16)6-10(15)13(9)18-7-17-11-3-1-2-4-12(11)18/h1-7H,16H2. The van der Waals surface area contributed by atoms with Crippen molar-refractivity contribution in [2.75, 3.05) is 5.73 Å². The molecule has 0 bridgehead atoms. The molecule has 0 amide bonds. The van der Waals surface area contributed by atoms with Crippen LogP contribution in [-0.2, 0) is 0 Å². The van der Waals surface area contributed by atoms with Gasteiger partial charge in [-0.1, -0.05) is 12.1 Å². The monoisotopic (exact) mass is 245 g/mol. The number of nitrogen functional groups attached to an aromatic ring is 1. The molecule has 0 saturated carbocycles. The van der Waals surface area contributed by atoms with Gasteiger partial charge in [-0.05, 0) is 24.3 Å². The van der Waals surface area contributed by atoms with E-state index in [1.165, 1.54) is 10.9 Å². The van der Waals surface area contributed by atoms with Crippen LogP contribution in [0.4, 0.5) is 14.5 Å². The van der Waals surface area contributed by atoms with Gasteiger partial charge in [0.15, 0.2) is 11.6 Å². The van der Waals surface area contributed by atoms with Crippen LogP contribution >= 0.6 is 0 Å². The summed E-state index contributed by atoms with van der Waals surface area (Å²) in [6, 6.07) is 9.31. The predicted octanol–water partition coefficient (Wildman–Crippen LogP) is 2.89. The molecule has 0 saturated heterocycles. The van der Waals surface area contributed by atoms with Gasteiger partial charge in [0.2, 0.25) is 0 Å². The number of imidazole rings is 1. The summed E-state index contributed by atoms with van der Waals surface area (Å²) in [4.78, 5) is 4.10. The minimum Gasteiger partial charge on any atom is -0.399 e. The summed E-state index contributed by atoms with van der Waals surface area (Å²) in [5, 5.41) is 0. The van der Waals surface area contributed by atoms with Crippen LogP contribution < -0.4 is 5.73 Å². The van der Waals surface area contributed by atoms with Crippen molar-refractivity contribution in [2.24, 2.45) is 0 Å². The van der Waals surface area contributed by atoms with Crippen LogP contribution in [0.25, 0.3) is 16.7 Å². The summed E-state index contributed by atoms with van der Waals surface area (Å²) in [5.41, 5.74) is 6.59. The molecule has 3 nitrogen and oxygen atoms in total. The average molecular weight is 245 g/mol. The van der Waals surface area contributed by atoms with E-state index < -0.39 is 11.6 Å². The van der Waals surface area contributed by atoms with Gasteiger partial charge in [-0.2, -0.15) is 0 Å². The topological polar surface area (TPSA) is 43.8 Å². The van der Waals surface area contributed by atoms with Gasteiger partial charge >= 0.3 is 0 Å². The number of nitrogens with two attached hydrogens (primary N) is 1. The van der Waals surface area contributed by atoms with Crippen LogP contribution in [0.3, 0.4) is 0 Å². The SMILES string of the molecule is Nc1cc(F)c(-n2cnc3ccccc32)c(F)c1. The van der Waals surface area contributed by atoms with Gasteiger partial charge in [0.25, 0.3) is 0 Å². The Labute approximate surface area is 101 Å². The molecule has 0 aliphatic heterocycles. The maximum absolute atomic E-state index is 13.8. The molecule has 0 fully saturated rings. The largest absolute Gasteiger partial charge is 0.399 e. The minimum atomic E-state index is -0.712. The highest BCUT2D eigenvalue weighted by molar-refractivity contribution is 5.77. The zero-order chi connectivity index (χ0) is 12.7. The van der Waals surface area contributed by atoms with E-state index in [0.29, 0.717) is 11.0 Å². The van der Waals surface area contributed by atoms with Gasteiger partial charge in [-0.3, -0.25) is 4.57 Å². The third kappa shape index (κ3) is 1.52. The summed E-state index contributed by atoms with van der Waals surface area (Å²) in [6.45, 7) is 0. The van der Waals surface area contributed by atoms with E-state index in [0.717, 1.165) is 12.1 Å². The molecule has 2 aromatic carbocycles. The average Bonchev–Trinajstić information content (AvgIpc) is 2.72. The van der Waals surface area contributed by atoms with Crippen molar-refractivity contribution in [1.82, 2.24) is 9.55 Å². The minimum absolute atomic E-state index is 0.0539. The van der Waals surface area contributed by atoms with Crippen molar-refractivity contribution in [3.8, 4) is 5.69 Å². The Morgan fingerprint density at radius 2 is 1.72 bits per heavy atom. The van der Waals surface area contributed by atoms with Gasteiger partial charge in [-0.15, -0.1) is 0 Å². The van der Waals surface area contributed by atoms with E-state index in [9.17, 15) is 8.78 Å². The molecule has 5 heteroatoms. The first kappa shape index (κ1) is 10.7. The molecule has 90 valence electrons. The summed E-state index contributed by atoms with van der Waals surface area (Å²) in [6.07, 6.45) is 1.39. The van der Waals surface area contributed by atoms with E-state index in [1.807, 2.05) is 6.07 Å². The Bertz CT molecular complexity index is 711. The maximum atomic E-state index is 13.8. The van der Waals surface area contributed by atoms with E-state index in [2.05, 4.69) is 4.98 Å². The van der Waals surface area contributed by atoms with Crippen molar-refractivity contribution >= 4 is 16.7 Å². The van der Waals surface area contributed by atoms with Crippen molar-refractivity contribution in [1.29, 1.82) is 0 Å². The van der Waals surface area contributed by atoms with Crippen molar-refractivity contribution < 1.29 is 8.78 Å². The number of para-hydroxylation sites is 2. The molecule has 18 heavy (non-hydrogen) atoms. The van der Waals surface area contributed by atoms with Crippen molar-refractivity contribution in [3.63, 3.8) is 0 Å². The fourth-order valence-electron chi connectivity index (χ4n) is 1.95. The molecule has 0 radical (unpaired) electrons. The molecular weight excluding hydrogens is 236 g/mol. The van der Waals surface area contributed by atoms with Crippen LogP contribution in [0.2, 0.25) is 0 Å². The number of hydrogen-bond acceptors (Lipinski definition) is 2. The second kappa shape index (κ2) is 3.80. The van der Waals surface area contributed by atoms with Gasteiger partial charge in [-0.25, -0.2) is 13.8 Å². The van der Waals surface area contributed by atoms with E-state index in [-0.39, 0.29) is 11.4 Å². The zero-order valence-electron chi connectivity index (χ0n) is 9.27. The molecule has 3 rings (SSSR count). The van der Waals surface area contributed by atoms with Gasteiger partial charge in [0, 0.05) is 5.69 Å². The van der Waals surface area contributed by atoms with E-state index in [1.54, 1.807) is 18.2 Å². The number of halogens is 2. The summed E-state index contributed by atoms with van der Waals surface area (Å²) in [5.74, 6) is -1.42. The number of rotatable bonds is 1. The Morgan fingerprint density at radius 1 is 1.06 bits per heavy atom. The second-order valence-electron chi connectivity index (χ2n) is 3.94. The molecule has 0 aliphatic carbocycles. The van der Waals surface area contributed by atoms with Crippen molar-refractivity contribution in [2.45, 2.75) is 0 Å². The summed E-state index contributed by atoms with van der Waals surface area (Å²) in [7, 11) is 0. The first-order valence-electron chi connectivity index (χ1n) is 5.34. The molecule has 1 heterocycles. The highest BCUT2D eigenvalue weighted by Crippen LogP contribution is 2.24. The first-order valence-corrected chi connectivity index (χ1v) is 5.34. The lowest BCUT2D eigenvalue weighted by Crippen LogP contribution is -2.02. The number of aromatic nitrogens is 2. The highest BCUT2D eigenvalue weighted by atomic mass is 19.1. The number of anilines is 1. The highest BCUT2D eigenvalue weighted by Gasteiger charge is 2.14. The molecule has 0 atom stereocenters. The Kier molecular flexibility index (Phi) is 2.26. The number of benzene rings is 2. The lowest BCUT2D eigenvalue weighted by atomic mass is 10.2. The molecular formula is C13H9F2N3. The lowest BCUT2D eigenvalue weighted by molar-refractivity contribution is 0.572. The smallest absolute Gasteiger partial charge is 0.152 e. The number of fused-ring (bicyclic) bond motifs is 1. The third-order valence-electron chi connectivity index (χ3n) is 2.73. The van der Waals surface area contributed by atoms with E-state index in [4.69, 9.17) is 5.73 Å². The summed E-state index contributed by atoms with van der Waals surface area (Å²) < 4.78 is 29.0. The lowest BCUT2D eigenvalue weighted by Gasteiger charge is -2.08. The predicted molar refractivity (Wildman–Crippen MR) is 65.4 cm³/mol. The molecule has 0 unspecified atom stereocenters. The van der Waals surface area contributed by atoms with Crippen LogP contribution in [0.15, 0.2) is 42.7 Å². The van der Waals surface area contributed by atoms with Crippen LogP contribution in [0.5, 0.6) is 0 Å². The van der Waals surface area contributed by atoms with E-state index >= 15 is 0 Å². The second-order valence-corrected chi connectivity index (χ2v) is 3.94.